The molecule has 0 unspecified atom stereocenters. The van der Waals surface area contributed by atoms with Crippen LogP contribution in [0.15, 0.2) is 34.5 Å². The van der Waals surface area contributed by atoms with E-state index in [1.54, 1.807) is 13.3 Å². The molecule has 0 aliphatic carbocycles. The number of nitrogens with two attached hydrogens (primary N) is 1. The van der Waals surface area contributed by atoms with Crippen molar-refractivity contribution in [2.75, 3.05) is 12.9 Å². The number of methoxy groups -OCH3 is 1. The van der Waals surface area contributed by atoms with Gasteiger partial charge in [0.25, 0.3) is 0 Å². The zero-order chi connectivity index (χ0) is 13.2. The third-order valence-electron chi connectivity index (χ3n) is 2.23. The molecule has 0 spiro atoms. The van der Waals surface area contributed by atoms with Gasteiger partial charge in [-0.05, 0) is 36.2 Å². The van der Waals surface area contributed by atoms with Crippen LogP contribution in [0.3, 0.4) is 0 Å². The molecule has 106 valence electrons. The molecule has 0 aliphatic heterocycles. The van der Waals surface area contributed by atoms with E-state index in [1.807, 2.05) is 24.3 Å². The Labute approximate surface area is 129 Å². The summed E-state index contributed by atoms with van der Waals surface area (Å²) in [6, 6.07) is 7.59. The van der Waals surface area contributed by atoms with Gasteiger partial charge >= 0.3 is 0 Å². The fraction of sp³-hybridized carbons (Fsp3) is 0.385. The first-order valence-electron chi connectivity index (χ1n) is 5.89. The van der Waals surface area contributed by atoms with E-state index >= 15 is 0 Å². The highest BCUT2D eigenvalue weighted by Gasteiger charge is 1.93. The van der Waals surface area contributed by atoms with Gasteiger partial charge in [-0.2, -0.15) is 5.10 Å². The van der Waals surface area contributed by atoms with Gasteiger partial charge < -0.3 is 10.5 Å². The Kier molecular flexibility index (Phi) is 10.3. The van der Waals surface area contributed by atoms with E-state index in [1.165, 1.54) is 11.8 Å². The van der Waals surface area contributed by atoms with Crippen molar-refractivity contribution < 1.29 is 4.74 Å². The number of ether oxygens (including phenoxy) is 1. The number of benzene rings is 1. The van der Waals surface area contributed by atoms with Crippen LogP contribution in [0.2, 0.25) is 0 Å². The van der Waals surface area contributed by atoms with Gasteiger partial charge in [0.05, 0.1) is 13.3 Å². The number of unbranched alkanes of at least 4 members (excludes halogenated alkanes) is 1. The maximum absolute atomic E-state index is 5.70. The van der Waals surface area contributed by atoms with Gasteiger partial charge in [-0.15, -0.1) is 22.1 Å². The van der Waals surface area contributed by atoms with Crippen molar-refractivity contribution in [2.24, 2.45) is 15.9 Å². The lowest BCUT2D eigenvalue weighted by molar-refractivity contribution is 0.415. The van der Waals surface area contributed by atoms with Gasteiger partial charge in [0, 0.05) is 5.75 Å². The molecule has 0 saturated carbocycles. The highest BCUT2D eigenvalue weighted by molar-refractivity contribution is 8.93. The largest absolute Gasteiger partial charge is 0.497 e. The molecule has 0 fully saturated rings. The highest BCUT2D eigenvalue weighted by atomic mass is 79.9. The summed E-state index contributed by atoms with van der Waals surface area (Å²) in [6.07, 6.45) is 3.98. The van der Waals surface area contributed by atoms with E-state index in [2.05, 4.69) is 17.1 Å². The molecule has 0 atom stereocenters. The van der Waals surface area contributed by atoms with Crippen molar-refractivity contribution in [1.82, 2.24) is 0 Å². The lowest BCUT2D eigenvalue weighted by Crippen LogP contribution is -2.06. The lowest BCUT2D eigenvalue weighted by atomic mass is 10.2. The van der Waals surface area contributed by atoms with Crippen LogP contribution in [-0.4, -0.2) is 24.2 Å². The highest BCUT2D eigenvalue weighted by Crippen LogP contribution is 2.10. The molecule has 0 radical (unpaired) electrons. The Bertz CT molecular complexity index is 407. The molecule has 0 aliphatic rings. The number of amidine groups is 1. The summed E-state index contributed by atoms with van der Waals surface area (Å²) in [4.78, 5) is 0. The van der Waals surface area contributed by atoms with Gasteiger partial charge in [-0.1, -0.05) is 25.1 Å². The van der Waals surface area contributed by atoms with Crippen LogP contribution in [0.1, 0.15) is 25.3 Å². The molecule has 0 aromatic heterocycles. The van der Waals surface area contributed by atoms with Crippen molar-refractivity contribution in [3.63, 3.8) is 0 Å². The predicted octanol–water partition coefficient (Wildman–Crippen LogP) is 3.46. The second-order valence-corrected chi connectivity index (χ2v) is 4.77. The monoisotopic (exact) mass is 345 g/mol. The average Bonchev–Trinajstić information content (AvgIpc) is 2.40. The van der Waals surface area contributed by atoms with Crippen LogP contribution in [0.25, 0.3) is 0 Å². The Balaban J connectivity index is 0.00000324. The molecule has 19 heavy (non-hydrogen) atoms. The van der Waals surface area contributed by atoms with Crippen LogP contribution in [0.4, 0.5) is 0 Å². The first-order valence-corrected chi connectivity index (χ1v) is 6.88. The third-order valence-corrected chi connectivity index (χ3v) is 3.10. The standard InChI is InChI=1S/C13H19N3OS.BrH/c1-3-4-9-18-13(14)16-15-10-11-5-7-12(17-2)8-6-11;/h5-8,10H,3-4,9H2,1-2H3,(H2,14,16);1H. The van der Waals surface area contributed by atoms with Crippen molar-refractivity contribution in [3.05, 3.63) is 29.8 Å². The zero-order valence-electron chi connectivity index (χ0n) is 11.2. The van der Waals surface area contributed by atoms with Gasteiger partial charge in [0.15, 0.2) is 5.17 Å². The van der Waals surface area contributed by atoms with Gasteiger partial charge in [0.2, 0.25) is 0 Å². The average molecular weight is 346 g/mol. The Hall–Kier alpha value is -1.01. The van der Waals surface area contributed by atoms with E-state index in [0.29, 0.717) is 5.17 Å². The molecule has 1 aromatic rings. The van der Waals surface area contributed by atoms with Crippen LogP contribution in [0.5, 0.6) is 5.75 Å². The minimum Gasteiger partial charge on any atom is -0.497 e. The van der Waals surface area contributed by atoms with E-state index in [-0.39, 0.29) is 17.0 Å². The summed E-state index contributed by atoms with van der Waals surface area (Å²) < 4.78 is 5.07. The molecule has 6 heteroatoms. The van der Waals surface area contributed by atoms with Crippen LogP contribution in [-0.2, 0) is 0 Å². The topological polar surface area (TPSA) is 60.0 Å². The molecule has 0 bridgehead atoms. The molecule has 0 heterocycles. The number of hydrogen-bond acceptors (Lipinski definition) is 4. The second kappa shape index (κ2) is 10.9. The lowest BCUT2D eigenvalue weighted by Gasteiger charge is -1.98. The normalized spacial score (nSPS) is 11.4. The number of hydrogen-bond donors (Lipinski definition) is 1. The molecule has 1 aromatic carbocycles. The second-order valence-electron chi connectivity index (χ2n) is 3.66. The number of thioether (sulfide) groups is 1. The molecule has 0 saturated heterocycles. The van der Waals surface area contributed by atoms with Crippen molar-refractivity contribution in [1.29, 1.82) is 0 Å². The van der Waals surface area contributed by atoms with Crippen LogP contribution < -0.4 is 10.5 Å². The number of rotatable bonds is 6. The molecular formula is C13H20BrN3OS. The summed E-state index contributed by atoms with van der Waals surface area (Å²) in [5.74, 6) is 1.81. The van der Waals surface area contributed by atoms with Gasteiger partial charge in [-0.25, -0.2) is 0 Å². The number of halogens is 1. The van der Waals surface area contributed by atoms with Crippen molar-refractivity contribution in [2.45, 2.75) is 19.8 Å². The van der Waals surface area contributed by atoms with E-state index in [0.717, 1.165) is 29.9 Å². The van der Waals surface area contributed by atoms with Crippen molar-refractivity contribution >= 4 is 40.1 Å². The minimum absolute atomic E-state index is 0. The quantitative estimate of drug-likeness (QED) is 0.371. The first-order chi connectivity index (χ1) is 8.76. The molecule has 2 N–H and O–H groups in total. The molecule has 0 amide bonds. The molecular weight excluding hydrogens is 326 g/mol. The Morgan fingerprint density at radius 3 is 2.63 bits per heavy atom. The fourth-order valence-electron chi connectivity index (χ4n) is 1.19. The molecule has 4 nitrogen and oxygen atoms in total. The molecule has 1 rings (SSSR count). The predicted molar refractivity (Wildman–Crippen MR) is 89.9 cm³/mol. The SMILES string of the molecule is Br.CCCCSC(N)=NN=Cc1ccc(OC)cc1. The zero-order valence-corrected chi connectivity index (χ0v) is 13.7. The summed E-state index contributed by atoms with van der Waals surface area (Å²) in [7, 11) is 1.64. The smallest absolute Gasteiger partial charge is 0.180 e. The minimum atomic E-state index is 0. The fourth-order valence-corrected chi connectivity index (χ4v) is 1.94. The summed E-state index contributed by atoms with van der Waals surface area (Å²) in [6.45, 7) is 2.15. The Morgan fingerprint density at radius 1 is 1.37 bits per heavy atom. The van der Waals surface area contributed by atoms with E-state index < -0.39 is 0 Å². The van der Waals surface area contributed by atoms with Gasteiger partial charge in [-0.3, -0.25) is 0 Å². The van der Waals surface area contributed by atoms with E-state index in [9.17, 15) is 0 Å². The van der Waals surface area contributed by atoms with Crippen LogP contribution in [0, 0.1) is 0 Å². The summed E-state index contributed by atoms with van der Waals surface area (Å²) >= 11 is 1.54. The van der Waals surface area contributed by atoms with Crippen LogP contribution >= 0.6 is 28.7 Å². The van der Waals surface area contributed by atoms with Crippen molar-refractivity contribution in [3.8, 4) is 5.75 Å². The maximum Gasteiger partial charge on any atom is 0.180 e. The summed E-state index contributed by atoms with van der Waals surface area (Å²) in [5, 5.41) is 8.39. The maximum atomic E-state index is 5.70. The Morgan fingerprint density at radius 2 is 2.05 bits per heavy atom. The van der Waals surface area contributed by atoms with Gasteiger partial charge in [0.1, 0.15) is 5.75 Å². The third kappa shape index (κ3) is 7.89. The first kappa shape index (κ1) is 18.0. The number of nitrogens with zero attached hydrogens (tertiary/aromatic N) is 2. The van der Waals surface area contributed by atoms with E-state index in [4.69, 9.17) is 10.5 Å². The summed E-state index contributed by atoms with van der Waals surface area (Å²) in [5.41, 5.74) is 6.67.